The number of nitrogens with one attached hydrogen (secondary N) is 2. The van der Waals surface area contributed by atoms with Gasteiger partial charge in [0.1, 0.15) is 35.7 Å². The van der Waals surface area contributed by atoms with E-state index in [2.05, 4.69) is 10.6 Å². The summed E-state index contributed by atoms with van der Waals surface area (Å²) in [5.41, 5.74) is -0.194. The van der Waals surface area contributed by atoms with E-state index in [1.165, 1.54) is 31.1 Å². The van der Waals surface area contributed by atoms with Gasteiger partial charge in [-0.15, -0.1) is 0 Å². The summed E-state index contributed by atoms with van der Waals surface area (Å²) >= 11 is 0. The zero-order valence-corrected chi connectivity index (χ0v) is 30.7. The van der Waals surface area contributed by atoms with Crippen molar-refractivity contribution in [3.8, 4) is 11.3 Å². The monoisotopic (exact) mass is 752 g/mol. The van der Waals surface area contributed by atoms with Gasteiger partial charge < -0.3 is 39.4 Å². The molecule has 14 nitrogen and oxygen atoms in total. The lowest BCUT2D eigenvalue weighted by Crippen LogP contribution is -2.53. The Morgan fingerprint density at radius 1 is 1.09 bits per heavy atom. The number of imidazole rings is 1. The van der Waals surface area contributed by atoms with Gasteiger partial charge in [-0.2, -0.15) is 0 Å². The molecule has 16 heteroatoms. The first-order chi connectivity index (χ1) is 25.8. The third-order valence-corrected chi connectivity index (χ3v) is 9.43. The maximum Gasteiger partial charge on any atom is 0.407 e. The normalized spacial score (nSPS) is 18.2. The maximum atomic E-state index is 15.1. The lowest BCUT2D eigenvalue weighted by Gasteiger charge is -2.42. The minimum Gasteiger partial charge on any atom is -0.444 e. The molecule has 0 spiro atoms. The third-order valence-electron chi connectivity index (χ3n) is 9.43. The average molecular weight is 753 g/mol. The van der Waals surface area contributed by atoms with Gasteiger partial charge >= 0.3 is 6.09 Å². The molecule has 290 valence electrons. The molecule has 0 aliphatic carbocycles. The van der Waals surface area contributed by atoms with E-state index in [1.807, 2.05) is 30.3 Å². The Morgan fingerprint density at radius 2 is 1.81 bits per heavy atom. The van der Waals surface area contributed by atoms with Crippen LogP contribution in [0.25, 0.3) is 11.3 Å². The molecule has 0 radical (unpaired) electrons. The van der Waals surface area contributed by atoms with Crippen LogP contribution in [0.4, 0.5) is 13.6 Å². The molecule has 2 aliphatic rings. The molecule has 3 aromatic rings. The highest BCUT2D eigenvalue weighted by atomic mass is 19.1. The lowest BCUT2D eigenvalue weighted by atomic mass is 9.93. The van der Waals surface area contributed by atoms with E-state index in [0.717, 1.165) is 28.7 Å². The number of aliphatic hydroxyl groups excluding tert-OH is 1. The number of hydrogen-bond donors (Lipinski definition) is 3. The van der Waals surface area contributed by atoms with Crippen LogP contribution in [-0.2, 0) is 35.1 Å². The molecule has 1 saturated heterocycles. The smallest absolute Gasteiger partial charge is 0.407 e. The van der Waals surface area contributed by atoms with Gasteiger partial charge in [-0.25, -0.2) is 18.6 Å². The first-order valence-corrected chi connectivity index (χ1v) is 17.7. The number of rotatable bonds is 17. The van der Waals surface area contributed by atoms with E-state index in [0.29, 0.717) is 18.9 Å². The van der Waals surface area contributed by atoms with Crippen LogP contribution >= 0.6 is 0 Å². The van der Waals surface area contributed by atoms with Gasteiger partial charge in [0.05, 0.1) is 31.1 Å². The van der Waals surface area contributed by atoms with Crippen LogP contribution in [0.2, 0.25) is 0 Å². The van der Waals surface area contributed by atoms with Crippen LogP contribution < -0.4 is 10.6 Å². The van der Waals surface area contributed by atoms with Crippen LogP contribution in [-0.4, -0.2) is 119 Å². The zero-order valence-electron chi connectivity index (χ0n) is 30.7. The molecule has 5 rings (SSSR count). The van der Waals surface area contributed by atoms with Gasteiger partial charge in [0.2, 0.25) is 0 Å². The van der Waals surface area contributed by atoms with Crippen molar-refractivity contribution in [2.75, 3.05) is 53.0 Å². The van der Waals surface area contributed by atoms with Crippen LogP contribution in [0.1, 0.15) is 38.2 Å². The van der Waals surface area contributed by atoms with Crippen molar-refractivity contribution >= 4 is 23.8 Å². The van der Waals surface area contributed by atoms with E-state index in [1.54, 1.807) is 24.6 Å². The molecule has 54 heavy (non-hydrogen) atoms. The fourth-order valence-electron chi connectivity index (χ4n) is 6.47. The number of hydrogen-bond acceptors (Lipinski definition) is 10. The molecule has 4 atom stereocenters. The van der Waals surface area contributed by atoms with Crippen molar-refractivity contribution in [1.29, 1.82) is 0 Å². The zero-order chi connectivity index (χ0) is 39.0. The summed E-state index contributed by atoms with van der Waals surface area (Å²) in [6.07, 6.45) is 1.15. The van der Waals surface area contributed by atoms with Gasteiger partial charge in [0.15, 0.2) is 0 Å². The van der Waals surface area contributed by atoms with Crippen molar-refractivity contribution in [1.82, 2.24) is 30.0 Å². The number of aliphatic hydroxyl groups is 1. The van der Waals surface area contributed by atoms with Gasteiger partial charge in [-0.1, -0.05) is 30.3 Å². The SMILES string of the molecule is COC(C)(C)[C@H](c1nc(-c2cc(F)ccc2F)cn1Cc1ccccc1)N(C[C@@H]1CNC[C@H]1OC(=O)NCCOCCN1C(=O)C=CC1=O)C(=O)[C@H](C)O. The predicted molar refractivity (Wildman–Crippen MR) is 192 cm³/mol. The summed E-state index contributed by atoms with van der Waals surface area (Å²) < 4.78 is 48.5. The summed E-state index contributed by atoms with van der Waals surface area (Å²) in [5, 5.41) is 16.5. The molecule has 3 N–H and O–H groups in total. The molecule has 1 aromatic heterocycles. The van der Waals surface area contributed by atoms with E-state index < -0.39 is 65.2 Å². The van der Waals surface area contributed by atoms with Crippen molar-refractivity contribution in [3.63, 3.8) is 0 Å². The van der Waals surface area contributed by atoms with Crippen molar-refractivity contribution < 1.29 is 47.3 Å². The van der Waals surface area contributed by atoms with Crippen molar-refractivity contribution in [2.45, 2.75) is 51.2 Å². The summed E-state index contributed by atoms with van der Waals surface area (Å²) in [6.45, 7) is 6.18. The number of ether oxygens (including phenoxy) is 3. The molecule has 0 saturated carbocycles. The average Bonchev–Trinajstić information content (AvgIpc) is 3.85. The standard InChI is InChI=1S/C38H46F2N6O8/c1-24(47)36(50)46(22-26-19-41-20-31(26)54-37(51)42-14-16-53-17-15-45-32(48)12-13-33(45)49)34(38(2,3)52-4)35-43-30(28-18-27(39)10-11-29(28)40)23-44(35)21-25-8-6-5-7-9-25/h5-13,18,23-24,26,31,34,41,47H,14-17,19-22H2,1-4H3,(H,42,51)/t24-,26-,31+,34-/m0/s1. The Bertz CT molecular complexity index is 1820. The molecule has 2 aliphatic heterocycles. The van der Waals surface area contributed by atoms with Crippen molar-refractivity contribution in [2.24, 2.45) is 5.92 Å². The molecule has 0 unspecified atom stereocenters. The van der Waals surface area contributed by atoms with E-state index in [4.69, 9.17) is 19.2 Å². The van der Waals surface area contributed by atoms with Crippen LogP contribution in [0.5, 0.6) is 0 Å². The third kappa shape index (κ3) is 9.74. The molecule has 3 heterocycles. The van der Waals surface area contributed by atoms with Gasteiger partial charge in [0.25, 0.3) is 17.7 Å². The Kier molecular flexibility index (Phi) is 13.3. The molecule has 2 aromatic carbocycles. The first-order valence-electron chi connectivity index (χ1n) is 17.7. The minimum atomic E-state index is -1.44. The van der Waals surface area contributed by atoms with Crippen LogP contribution in [0.3, 0.4) is 0 Å². The quantitative estimate of drug-likeness (QED) is 0.138. The second-order valence-corrected chi connectivity index (χ2v) is 13.7. The molecule has 0 bridgehead atoms. The first kappa shape index (κ1) is 40.2. The van der Waals surface area contributed by atoms with Gasteiger partial charge in [-0.3, -0.25) is 19.3 Å². The summed E-state index contributed by atoms with van der Waals surface area (Å²) in [4.78, 5) is 57.5. The lowest BCUT2D eigenvalue weighted by molar-refractivity contribution is -0.152. The molecular weight excluding hydrogens is 706 g/mol. The fourth-order valence-corrected chi connectivity index (χ4v) is 6.47. The second-order valence-electron chi connectivity index (χ2n) is 13.7. The van der Waals surface area contributed by atoms with E-state index in [-0.39, 0.29) is 50.7 Å². The number of nitrogens with zero attached hydrogens (tertiary/aromatic N) is 4. The summed E-state index contributed by atoms with van der Waals surface area (Å²) in [7, 11) is 1.48. The Hall–Kier alpha value is -5.03. The van der Waals surface area contributed by atoms with E-state index in [9.17, 15) is 28.7 Å². The van der Waals surface area contributed by atoms with Crippen LogP contribution in [0, 0.1) is 17.6 Å². The summed E-state index contributed by atoms with van der Waals surface area (Å²) in [6, 6.07) is 11.5. The highest BCUT2D eigenvalue weighted by molar-refractivity contribution is 6.12. The fraction of sp³-hybridized carbons (Fsp3) is 0.447. The number of amides is 4. The van der Waals surface area contributed by atoms with Crippen LogP contribution in [0.15, 0.2) is 66.9 Å². The molecular formula is C38H46F2N6O8. The number of carbonyl (C=O) groups is 4. The topological polar surface area (TPSA) is 165 Å². The number of methoxy groups -OCH3 is 1. The van der Waals surface area contributed by atoms with Gasteiger partial charge in [-0.05, 0) is 44.5 Å². The Labute approximate surface area is 312 Å². The largest absolute Gasteiger partial charge is 0.444 e. The number of halogens is 2. The number of carbonyl (C=O) groups excluding carboxylic acids is 4. The number of imide groups is 1. The maximum absolute atomic E-state index is 15.1. The highest BCUT2D eigenvalue weighted by Gasteiger charge is 2.45. The molecule has 1 fully saturated rings. The summed E-state index contributed by atoms with van der Waals surface area (Å²) in [5.74, 6) is -2.91. The Balaban J connectivity index is 1.36. The number of alkyl carbamates (subject to hydrolysis) is 1. The van der Waals surface area contributed by atoms with E-state index >= 15 is 4.39 Å². The second kappa shape index (κ2) is 17.9. The number of benzene rings is 2. The highest BCUT2D eigenvalue weighted by Crippen LogP contribution is 2.38. The molecule has 4 amide bonds. The van der Waals surface area contributed by atoms with Crippen molar-refractivity contribution in [3.05, 3.63) is 89.9 Å². The van der Waals surface area contributed by atoms with Gasteiger partial charge in [0, 0.05) is 69.7 Å². The Morgan fingerprint density at radius 3 is 2.50 bits per heavy atom. The number of aromatic nitrogens is 2. The predicted octanol–water partition coefficient (Wildman–Crippen LogP) is 2.81. The minimum absolute atomic E-state index is 0.0000973.